The Balaban J connectivity index is 1.25. The van der Waals surface area contributed by atoms with Gasteiger partial charge in [0, 0.05) is 38.9 Å². The van der Waals surface area contributed by atoms with Gasteiger partial charge in [-0.3, -0.25) is 14.9 Å². The number of thiazole rings is 1. The van der Waals surface area contributed by atoms with Gasteiger partial charge in [-0.25, -0.2) is 4.98 Å². The highest BCUT2D eigenvalue weighted by Gasteiger charge is 2.12. The molecule has 2 heterocycles. The minimum absolute atomic E-state index is 0.208. The number of H-pyrrole nitrogens is 1. The number of halogens is 1. The predicted molar refractivity (Wildman–Crippen MR) is 121 cm³/mol. The van der Waals surface area contributed by atoms with Crippen molar-refractivity contribution in [3.63, 3.8) is 0 Å². The summed E-state index contributed by atoms with van der Waals surface area (Å²) < 4.78 is 6.06. The maximum Gasteiger partial charge on any atom is 0.306 e. The third-order valence-corrected chi connectivity index (χ3v) is 5.76. The molecule has 0 radical (unpaired) electrons. The van der Waals surface area contributed by atoms with Gasteiger partial charge in [-0.05, 0) is 30.2 Å². The second kappa shape index (κ2) is 9.23. The number of carbonyl (C=O) groups excluding carboxylic acids is 2. The Morgan fingerprint density at radius 3 is 2.90 bits per heavy atom. The van der Waals surface area contributed by atoms with Gasteiger partial charge in [-0.2, -0.15) is 0 Å². The monoisotopic (exact) mass is 483 g/mol. The van der Waals surface area contributed by atoms with Gasteiger partial charge in [-0.1, -0.05) is 46.3 Å². The molecule has 2 aromatic carbocycles. The molecular formula is C22H18BrN3O3S. The highest BCUT2D eigenvalue weighted by atomic mass is 79.9. The number of aryl methyl sites for hydroxylation is 1. The number of para-hydroxylation sites is 1. The summed E-state index contributed by atoms with van der Waals surface area (Å²) in [6, 6.07) is 15.7. The molecule has 0 unspecified atom stereocenters. The van der Waals surface area contributed by atoms with Crippen molar-refractivity contribution < 1.29 is 14.3 Å². The van der Waals surface area contributed by atoms with E-state index in [-0.39, 0.29) is 13.0 Å². The minimum atomic E-state index is -0.413. The van der Waals surface area contributed by atoms with Gasteiger partial charge in [0.2, 0.25) is 0 Å². The van der Waals surface area contributed by atoms with Crippen molar-refractivity contribution in [2.45, 2.75) is 12.8 Å². The van der Waals surface area contributed by atoms with Gasteiger partial charge in [0.1, 0.15) is 0 Å². The summed E-state index contributed by atoms with van der Waals surface area (Å²) in [4.78, 5) is 31.7. The van der Waals surface area contributed by atoms with Gasteiger partial charge >= 0.3 is 5.97 Å². The number of hydrogen-bond acceptors (Lipinski definition) is 5. The Hall–Kier alpha value is -2.97. The van der Waals surface area contributed by atoms with Crippen LogP contribution in [0.3, 0.4) is 0 Å². The normalized spacial score (nSPS) is 10.8. The summed E-state index contributed by atoms with van der Waals surface area (Å²) in [5.41, 5.74) is 3.80. The number of amides is 1. The summed E-state index contributed by atoms with van der Waals surface area (Å²) in [5, 5.41) is 6.09. The summed E-state index contributed by atoms with van der Waals surface area (Å²) in [6.07, 6.45) is 2.66. The maximum atomic E-state index is 12.1. The Morgan fingerprint density at radius 2 is 2.03 bits per heavy atom. The molecular weight excluding hydrogens is 466 g/mol. The number of nitrogens with zero attached hydrogens (tertiary/aromatic N) is 1. The molecule has 0 aliphatic heterocycles. The number of fused-ring (bicyclic) bond motifs is 1. The van der Waals surface area contributed by atoms with Crippen LogP contribution in [-0.2, 0) is 20.7 Å². The molecule has 1 amide bonds. The van der Waals surface area contributed by atoms with Gasteiger partial charge in [0.25, 0.3) is 5.91 Å². The Labute approximate surface area is 185 Å². The molecule has 4 aromatic rings. The first-order valence-electron chi connectivity index (χ1n) is 9.30. The average molecular weight is 484 g/mol. The molecule has 0 aliphatic carbocycles. The van der Waals surface area contributed by atoms with Crippen LogP contribution in [0.5, 0.6) is 0 Å². The third-order valence-electron chi connectivity index (χ3n) is 4.51. The lowest BCUT2D eigenvalue weighted by Gasteiger charge is -2.04. The van der Waals surface area contributed by atoms with Crippen molar-refractivity contribution >= 4 is 55.2 Å². The van der Waals surface area contributed by atoms with E-state index in [1.54, 1.807) is 0 Å². The zero-order valence-corrected chi connectivity index (χ0v) is 18.3. The lowest BCUT2D eigenvalue weighted by Crippen LogP contribution is -2.21. The van der Waals surface area contributed by atoms with Gasteiger partial charge in [0.05, 0.1) is 5.69 Å². The summed E-state index contributed by atoms with van der Waals surface area (Å²) in [7, 11) is 0. The summed E-state index contributed by atoms with van der Waals surface area (Å²) >= 11 is 4.75. The Morgan fingerprint density at radius 1 is 1.17 bits per heavy atom. The number of carbonyl (C=O) groups is 2. The van der Waals surface area contributed by atoms with Crippen LogP contribution in [0.15, 0.2) is 64.6 Å². The van der Waals surface area contributed by atoms with Crippen LogP contribution >= 0.6 is 27.3 Å². The highest BCUT2D eigenvalue weighted by Crippen LogP contribution is 2.26. The molecule has 0 fully saturated rings. The lowest BCUT2D eigenvalue weighted by atomic mass is 10.1. The zero-order chi connectivity index (χ0) is 20.9. The second-order valence-corrected chi connectivity index (χ2v) is 8.39. The summed E-state index contributed by atoms with van der Waals surface area (Å²) in [5.74, 6) is -0.824. The van der Waals surface area contributed by atoms with E-state index in [0.29, 0.717) is 11.6 Å². The minimum Gasteiger partial charge on any atom is -0.456 e. The van der Waals surface area contributed by atoms with E-state index in [1.165, 1.54) is 11.3 Å². The van der Waals surface area contributed by atoms with Gasteiger partial charge in [-0.15, -0.1) is 11.3 Å². The van der Waals surface area contributed by atoms with E-state index < -0.39 is 11.9 Å². The standard InChI is InChI=1S/C22H18BrN3O3S/c23-16-5-3-4-14(10-16)19-13-30-22(25-19)26-20(27)12-29-21(28)9-8-15-11-24-18-7-2-1-6-17(15)18/h1-7,10-11,13,24H,8-9,12H2,(H,25,26,27). The number of aromatic amines is 1. The Bertz CT molecular complexity index is 1200. The molecule has 8 heteroatoms. The smallest absolute Gasteiger partial charge is 0.306 e. The number of aromatic nitrogens is 2. The van der Waals surface area contributed by atoms with Crippen molar-refractivity contribution in [2.75, 3.05) is 11.9 Å². The van der Waals surface area contributed by atoms with Crippen LogP contribution in [0, 0.1) is 0 Å². The van der Waals surface area contributed by atoms with Crippen LogP contribution in [0.2, 0.25) is 0 Å². The number of benzene rings is 2. The molecule has 4 rings (SSSR count). The molecule has 0 saturated carbocycles. The van der Waals surface area contributed by atoms with Crippen molar-refractivity contribution in [2.24, 2.45) is 0 Å². The third kappa shape index (κ3) is 4.95. The first kappa shape index (κ1) is 20.3. The van der Waals surface area contributed by atoms with Gasteiger partial charge < -0.3 is 9.72 Å². The molecule has 0 atom stereocenters. The highest BCUT2D eigenvalue weighted by molar-refractivity contribution is 9.10. The molecule has 2 aromatic heterocycles. The van der Waals surface area contributed by atoms with Crippen molar-refractivity contribution in [1.29, 1.82) is 0 Å². The van der Waals surface area contributed by atoms with Crippen LogP contribution in [-0.4, -0.2) is 28.5 Å². The van der Waals surface area contributed by atoms with E-state index in [1.807, 2.05) is 60.1 Å². The largest absolute Gasteiger partial charge is 0.456 e. The van der Waals surface area contributed by atoms with E-state index in [2.05, 4.69) is 31.2 Å². The number of hydrogen-bond donors (Lipinski definition) is 2. The topological polar surface area (TPSA) is 84.1 Å². The SMILES string of the molecule is O=C(COC(=O)CCc1c[nH]c2ccccc12)Nc1nc(-c2cccc(Br)c2)cs1. The van der Waals surface area contributed by atoms with Crippen molar-refractivity contribution in [3.05, 3.63) is 70.1 Å². The zero-order valence-electron chi connectivity index (χ0n) is 15.9. The van der Waals surface area contributed by atoms with E-state index in [9.17, 15) is 9.59 Å². The van der Waals surface area contributed by atoms with Crippen LogP contribution < -0.4 is 5.32 Å². The molecule has 152 valence electrons. The fraction of sp³-hybridized carbons (Fsp3) is 0.136. The molecule has 0 spiro atoms. The quantitative estimate of drug-likeness (QED) is 0.355. The number of esters is 1. The maximum absolute atomic E-state index is 12.1. The fourth-order valence-electron chi connectivity index (χ4n) is 3.06. The number of ether oxygens (including phenoxy) is 1. The molecule has 0 aliphatic rings. The molecule has 0 bridgehead atoms. The Kier molecular flexibility index (Phi) is 6.25. The van der Waals surface area contributed by atoms with E-state index >= 15 is 0 Å². The van der Waals surface area contributed by atoms with Crippen molar-refractivity contribution in [3.8, 4) is 11.3 Å². The molecule has 2 N–H and O–H groups in total. The molecule has 6 nitrogen and oxygen atoms in total. The average Bonchev–Trinajstić information content (AvgIpc) is 3.38. The van der Waals surface area contributed by atoms with Crippen LogP contribution in [0.25, 0.3) is 22.2 Å². The summed E-state index contributed by atoms with van der Waals surface area (Å²) in [6.45, 7) is -0.335. The molecule has 0 saturated heterocycles. The second-order valence-electron chi connectivity index (χ2n) is 6.62. The van der Waals surface area contributed by atoms with E-state index in [0.717, 1.165) is 32.2 Å². The first-order chi connectivity index (χ1) is 14.6. The molecule has 30 heavy (non-hydrogen) atoms. The van der Waals surface area contributed by atoms with Crippen molar-refractivity contribution in [1.82, 2.24) is 9.97 Å². The van der Waals surface area contributed by atoms with Crippen LogP contribution in [0.4, 0.5) is 5.13 Å². The van der Waals surface area contributed by atoms with Crippen LogP contribution in [0.1, 0.15) is 12.0 Å². The number of anilines is 1. The lowest BCUT2D eigenvalue weighted by molar-refractivity contribution is -0.147. The first-order valence-corrected chi connectivity index (χ1v) is 11.0. The van der Waals surface area contributed by atoms with Gasteiger partial charge in [0.15, 0.2) is 11.7 Å². The fourth-order valence-corrected chi connectivity index (χ4v) is 4.20. The number of rotatable bonds is 7. The predicted octanol–water partition coefficient (Wildman–Crippen LogP) is 5.17. The number of nitrogens with one attached hydrogen (secondary N) is 2. The van der Waals surface area contributed by atoms with E-state index in [4.69, 9.17) is 4.74 Å².